The van der Waals surface area contributed by atoms with Gasteiger partial charge in [-0.1, -0.05) is 48.5 Å². The van der Waals surface area contributed by atoms with Gasteiger partial charge in [-0.3, -0.25) is 4.79 Å². The smallest absolute Gasteiger partial charge is 0.167 e. The first-order valence-corrected chi connectivity index (χ1v) is 9.25. The van der Waals surface area contributed by atoms with E-state index in [4.69, 9.17) is 0 Å². The van der Waals surface area contributed by atoms with Crippen LogP contribution in [0.15, 0.2) is 46.3 Å². The molecule has 0 spiro atoms. The van der Waals surface area contributed by atoms with Crippen molar-refractivity contribution in [3.8, 4) is 5.69 Å². The van der Waals surface area contributed by atoms with Gasteiger partial charge in [0.15, 0.2) is 5.65 Å². The van der Waals surface area contributed by atoms with E-state index in [1.165, 1.54) is 18.1 Å². The molecular formula is C17H17BrN4OS. The van der Waals surface area contributed by atoms with Crippen LogP contribution in [0, 0.1) is 5.41 Å². The first-order valence-electron chi connectivity index (χ1n) is 7.47. The van der Waals surface area contributed by atoms with Crippen molar-refractivity contribution in [2.75, 3.05) is 5.75 Å². The minimum atomic E-state index is -0.346. The van der Waals surface area contributed by atoms with Crippen LogP contribution in [0.4, 0.5) is 0 Å². The fraction of sp³-hybridized carbons (Fsp3) is 0.294. The summed E-state index contributed by atoms with van der Waals surface area (Å²) in [4.78, 5) is 20.8. The van der Waals surface area contributed by atoms with Crippen molar-refractivity contribution >= 4 is 44.5 Å². The molecule has 0 aliphatic rings. The van der Waals surface area contributed by atoms with Gasteiger partial charge in [-0.2, -0.15) is 5.10 Å². The van der Waals surface area contributed by atoms with Crippen LogP contribution < -0.4 is 0 Å². The highest BCUT2D eigenvalue weighted by Gasteiger charge is 2.22. The molecule has 0 atom stereocenters. The Morgan fingerprint density at radius 1 is 1.21 bits per heavy atom. The number of halogens is 1. The van der Waals surface area contributed by atoms with Gasteiger partial charge >= 0.3 is 0 Å². The topological polar surface area (TPSA) is 60.7 Å². The first-order chi connectivity index (χ1) is 11.4. The average molecular weight is 405 g/mol. The minimum Gasteiger partial charge on any atom is -0.298 e. The predicted octanol–water partition coefficient (Wildman–Crippen LogP) is 4.29. The number of carbonyl (C=O) groups excluding carboxylic acids is 1. The number of hydrogen-bond donors (Lipinski definition) is 0. The van der Waals surface area contributed by atoms with Gasteiger partial charge in [0.25, 0.3) is 0 Å². The van der Waals surface area contributed by atoms with Gasteiger partial charge in [-0.05, 0) is 24.3 Å². The Bertz CT molecular complexity index is 884. The third-order valence-corrected chi connectivity index (χ3v) is 5.11. The lowest BCUT2D eigenvalue weighted by Gasteiger charge is -2.15. The number of rotatable bonds is 4. The van der Waals surface area contributed by atoms with Crippen molar-refractivity contribution < 1.29 is 4.79 Å². The Hall–Kier alpha value is -1.73. The van der Waals surface area contributed by atoms with Gasteiger partial charge < -0.3 is 0 Å². The third-order valence-electron chi connectivity index (χ3n) is 3.58. The fourth-order valence-corrected chi connectivity index (χ4v) is 3.45. The van der Waals surface area contributed by atoms with E-state index in [1.54, 1.807) is 10.9 Å². The van der Waals surface area contributed by atoms with Crippen molar-refractivity contribution in [2.24, 2.45) is 5.41 Å². The molecule has 0 unspecified atom stereocenters. The molecule has 1 aromatic carbocycles. The Balaban J connectivity index is 1.92. The highest BCUT2D eigenvalue weighted by atomic mass is 79.9. The van der Waals surface area contributed by atoms with Gasteiger partial charge in [-0.15, -0.1) is 0 Å². The molecular weight excluding hydrogens is 388 g/mol. The van der Waals surface area contributed by atoms with Gasteiger partial charge in [0.1, 0.15) is 17.1 Å². The summed E-state index contributed by atoms with van der Waals surface area (Å²) in [5, 5.41) is 6.06. The van der Waals surface area contributed by atoms with Crippen LogP contribution in [-0.4, -0.2) is 31.3 Å². The summed E-state index contributed by atoms with van der Waals surface area (Å²) >= 11 is 4.86. The summed E-state index contributed by atoms with van der Waals surface area (Å²) in [6.45, 7) is 5.78. The Morgan fingerprint density at radius 3 is 2.58 bits per heavy atom. The molecule has 124 valence electrons. The van der Waals surface area contributed by atoms with E-state index in [1.807, 2.05) is 45.0 Å². The molecule has 5 nitrogen and oxygen atoms in total. The van der Waals surface area contributed by atoms with Crippen LogP contribution in [0.5, 0.6) is 0 Å². The van der Waals surface area contributed by atoms with Crippen LogP contribution in [0.1, 0.15) is 20.8 Å². The Labute approximate surface area is 153 Å². The van der Waals surface area contributed by atoms with Crippen molar-refractivity contribution in [1.82, 2.24) is 19.7 Å². The SMILES string of the molecule is CC(C)(C)C(=O)CSc1ncnc2c1cnn2-c1ccc(Br)cc1. The summed E-state index contributed by atoms with van der Waals surface area (Å²) in [6, 6.07) is 7.85. The summed E-state index contributed by atoms with van der Waals surface area (Å²) in [5.41, 5.74) is 1.31. The average Bonchev–Trinajstić information content (AvgIpc) is 2.97. The van der Waals surface area contributed by atoms with E-state index in [-0.39, 0.29) is 11.2 Å². The maximum absolute atomic E-state index is 12.1. The van der Waals surface area contributed by atoms with E-state index in [9.17, 15) is 4.79 Å². The highest BCUT2D eigenvalue weighted by molar-refractivity contribution is 9.10. The molecule has 0 aliphatic heterocycles. The molecule has 24 heavy (non-hydrogen) atoms. The van der Waals surface area contributed by atoms with E-state index >= 15 is 0 Å². The number of aromatic nitrogens is 4. The molecule has 0 radical (unpaired) electrons. The molecule has 0 fully saturated rings. The lowest BCUT2D eigenvalue weighted by Crippen LogP contribution is -2.22. The Morgan fingerprint density at radius 2 is 1.92 bits per heavy atom. The number of Topliss-reactive ketones (excluding diaryl/α,β-unsaturated/α-hetero) is 1. The Kier molecular flexibility index (Phi) is 4.73. The zero-order chi connectivity index (χ0) is 17.3. The van der Waals surface area contributed by atoms with Gasteiger partial charge in [-0.25, -0.2) is 14.6 Å². The number of benzene rings is 1. The van der Waals surface area contributed by atoms with E-state index in [0.29, 0.717) is 5.75 Å². The molecule has 2 aromatic heterocycles. The minimum absolute atomic E-state index is 0.194. The molecule has 2 heterocycles. The van der Waals surface area contributed by atoms with Crippen LogP contribution in [0.3, 0.4) is 0 Å². The number of carbonyl (C=O) groups is 1. The van der Waals surface area contributed by atoms with Gasteiger partial charge in [0.2, 0.25) is 0 Å². The quantitative estimate of drug-likeness (QED) is 0.479. The highest BCUT2D eigenvalue weighted by Crippen LogP contribution is 2.28. The normalized spacial score (nSPS) is 11.8. The molecule has 3 aromatic rings. The van der Waals surface area contributed by atoms with E-state index in [2.05, 4.69) is 31.0 Å². The molecule has 0 bridgehead atoms. The second-order valence-electron chi connectivity index (χ2n) is 6.41. The number of hydrogen-bond acceptors (Lipinski definition) is 5. The number of nitrogens with zero attached hydrogens (tertiary/aromatic N) is 4. The van der Waals surface area contributed by atoms with Crippen LogP contribution in [0.25, 0.3) is 16.7 Å². The molecule has 3 rings (SSSR count). The largest absolute Gasteiger partial charge is 0.298 e. The van der Waals surface area contributed by atoms with Crippen molar-refractivity contribution in [2.45, 2.75) is 25.8 Å². The standard InChI is InChI=1S/C17H17BrN4OS/c1-17(2,3)14(23)9-24-16-13-8-21-22(15(13)19-10-20-16)12-6-4-11(18)5-7-12/h4-8,10H,9H2,1-3H3. The zero-order valence-electron chi connectivity index (χ0n) is 13.7. The van der Waals surface area contributed by atoms with E-state index in [0.717, 1.165) is 26.2 Å². The van der Waals surface area contributed by atoms with Gasteiger partial charge in [0.05, 0.1) is 23.0 Å². The molecule has 0 saturated heterocycles. The fourth-order valence-electron chi connectivity index (χ4n) is 2.06. The summed E-state index contributed by atoms with van der Waals surface area (Å²) in [6.07, 6.45) is 3.27. The van der Waals surface area contributed by atoms with Crippen molar-refractivity contribution in [3.05, 3.63) is 41.3 Å². The summed E-state index contributed by atoms with van der Waals surface area (Å²) in [7, 11) is 0. The van der Waals surface area contributed by atoms with Crippen LogP contribution >= 0.6 is 27.7 Å². The zero-order valence-corrected chi connectivity index (χ0v) is 16.1. The first kappa shape index (κ1) is 17.1. The summed E-state index contributed by atoms with van der Waals surface area (Å²) < 4.78 is 2.79. The lowest BCUT2D eigenvalue weighted by atomic mass is 9.92. The number of fused-ring (bicyclic) bond motifs is 1. The molecule has 0 N–H and O–H groups in total. The van der Waals surface area contributed by atoms with E-state index < -0.39 is 0 Å². The predicted molar refractivity (Wildman–Crippen MR) is 99.5 cm³/mol. The van der Waals surface area contributed by atoms with Crippen molar-refractivity contribution in [1.29, 1.82) is 0 Å². The number of thioether (sulfide) groups is 1. The second kappa shape index (κ2) is 6.64. The van der Waals surface area contributed by atoms with Crippen molar-refractivity contribution in [3.63, 3.8) is 0 Å². The van der Waals surface area contributed by atoms with Gasteiger partial charge in [0, 0.05) is 9.89 Å². The lowest BCUT2D eigenvalue weighted by molar-refractivity contribution is -0.123. The maximum Gasteiger partial charge on any atom is 0.167 e. The van der Waals surface area contributed by atoms with Crippen LogP contribution in [-0.2, 0) is 4.79 Å². The molecule has 0 aliphatic carbocycles. The third kappa shape index (κ3) is 3.52. The molecule has 7 heteroatoms. The number of ketones is 1. The summed E-state index contributed by atoms with van der Waals surface area (Å²) in [5.74, 6) is 0.582. The van der Waals surface area contributed by atoms with Crippen LogP contribution in [0.2, 0.25) is 0 Å². The molecule has 0 saturated carbocycles. The maximum atomic E-state index is 12.1. The second-order valence-corrected chi connectivity index (χ2v) is 8.29. The molecule has 0 amide bonds. The monoisotopic (exact) mass is 404 g/mol.